The highest BCUT2D eigenvalue weighted by Gasteiger charge is 2.53. The number of benzene rings is 2. The van der Waals surface area contributed by atoms with Gasteiger partial charge in [0.05, 0.1) is 12.2 Å². The van der Waals surface area contributed by atoms with Gasteiger partial charge in [-0.25, -0.2) is 0 Å². The smallest absolute Gasteiger partial charge is 0.254 e. The average molecular weight is 412 g/mol. The number of carbonyl (C=O) groups is 2. The maximum atomic E-state index is 13.8. The quantitative estimate of drug-likeness (QED) is 0.542. The maximum Gasteiger partial charge on any atom is 0.254 e. The number of aromatic nitrogens is 2. The Morgan fingerprint density at radius 3 is 2.58 bits per heavy atom. The molecule has 2 aliphatic heterocycles. The number of piperazine rings is 1. The van der Waals surface area contributed by atoms with Crippen molar-refractivity contribution in [3.63, 3.8) is 0 Å². The fourth-order valence-electron chi connectivity index (χ4n) is 5.46. The molecule has 2 N–H and O–H groups in total. The van der Waals surface area contributed by atoms with Crippen LogP contribution in [0, 0.1) is 0 Å². The lowest BCUT2D eigenvalue weighted by Gasteiger charge is -2.49. The topological polar surface area (TPSA) is 72.2 Å². The summed E-state index contributed by atoms with van der Waals surface area (Å²) in [6.07, 6.45) is 3.48. The fraction of sp³-hybridized carbons (Fsp3) is 0.280. The van der Waals surface area contributed by atoms with Crippen molar-refractivity contribution in [1.29, 1.82) is 0 Å². The molecule has 6 nitrogen and oxygen atoms in total. The molecule has 0 saturated carbocycles. The summed E-state index contributed by atoms with van der Waals surface area (Å²) in [5.74, 6) is 0.0183. The molecule has 0 aliphatic carbocycles. The zero-order valence-corrected chi connectivity index (χ0v) is 17.4. The van der Waals surface area contributed by atoms with E-state index in [4.69, 9.17) is 0 Å². The molecule has 6 heteroatoms. The van der Waals surface area contributed by atoms with Crippen molar-refractivity contribution >= 4 is 33.6 Å². The van der Waals surface area contributed by atoms with E-state index in [-0.39, 0.29) is 18.4 Å². The lowest BCUT2D eigenvalue weighted by Crippen LogP contribution is -2.67. The van der Waals surface area contributed by atoms with E-state index in [1.807, 2.05) is 49.5 Å². The first kappa shape index (κ1) is 18.2. The normalized spacial score (nSPS) is 21.1. The third-order valence-electron chi connectivity index (χ3n) is 7.08. The minimum absolute atomic E-state index is 0.000512. The lowest BCUT2D eigenvalue weighted by atomic mass is 9.83. The van der Waals surface area contributed by atoms with Gasteiger partial charge in [-0.3, -0.25) is 9.59 Å². The van der Waals surface area contributed by atoms with Crippen LogP contribution in [0.5, 0.6) is 0 Å². The largest absolute Gasteiger partial charge is 0.361 e. The molecule has 1 unspecified atom stereocenters. The summed E-state index contributed by atoms with van der Waals surface area (Å²) in [6, 6.07) is 16.3. The van der Waals surface area contributed by atoms with Crippen LogP contribution in [-0.2, 0) is 28.0 Å². The van der Waals surface area contributed by atoms with Crippen LogP contribution < -0.4 is 0 Å². The molecule has 31 heavy (non-hydrogen) atoms. The van der Waals surface area contributed by atoms with E-state index in [1.165, 1.54) is 10.9 Å². The van der Waals surface area contributed by atoms with Crippen LogP contribution in [0.15, 0.2) is 54.7 Å². The van der Waals surface area contributed by atoms with E-state index in [9.17, 15) is 9.59 Å². The van der Waals surface area contributed by atoms with Crippen LogP contribution in [0.2, 0.25) is 0 Å². The van der Waals surface area contributed by atoms with Crippen molar-refractivity contribution in [3.05, 3.63) is 71.5 Å². The summed E-state index contributed by atoms with van der Waals surface area (Å²) >= 11 is 0. The summed E-state index contributed by atoms with van der Waals surface area (Å²) in [4.78, 5) is 37.2. The van der Waals surface area contributed by atoms with Gasteiger partial charge in [0.25, 0.3) is 5.91 Å². The Hall–Kier alpha value is -3.54. The molecule has 2 aliphatic rings. The minimum atomic E-state index is -0.984. The predicted molar refractivity (Wildman–Crippen MR) is 120 cm³/mol. The van der Waals surface area contributed by atoms with Crippen molar-refractivity contribution in [2.45, 2.75) is 25.3 Å². The molecular weight excluding hydrogens is 388 g/mol. The summed E-state index contributed by atoms with van der Waals surface area (Å²) in [7, 11) is 0. The first-order valence-electron chi connectivity index (χ1n) is 10.8. The molecule has 0 bridgehead atoms. The van der Waals surface area contributed by atoms with Gasteiger partial charge in [-0.1, -0.05) is 36.4 Å². The molecular formula is C25H24N4O2. The Morgan fingerprint density at radius 1 is 1.00 bits per heavy atom. The van der Waals surface area contributed by atoms with E-state index in [2.05, 4.69) is 22.1 Å². The van der Waals surface area contributed by atoms with Crippen molar-refractivity contribution in [2.24, 2.45) is 0 Å². The van der Waals surface area contributed by atoms with Gasteiger partial charge >= 0.3 is 0 Å². The summed E-state index contributed by atoms with van der Waals surface area (Å²) in [6.45, 7) is 3.14. The molecule has 2 amide bonds. The SMILES string of the molecule is CC12C(=O)N(CCc3c[nH]c4ccccc34)CC(=O)N1CCc1c2[nH]c2ccccc12. The Bertz CT molecular complexity index is 1350. The molecule has 0 spiro atoms. The van der Waals surface area contributed by atoms with Crippen LogP contribution in [0.25, 0.3) is 21.8 Å². The molecule has 4 heterocycles. The van der Waals surface area contributed by atoms with E-state index in [1.54, 1.807) is 9.80 Å². The van der Waals surface area contributed by atoms with Crippen LogP contribution >= 0.6 is 0 Å². The molecule has 1 saturated heterocycles. The number of nitrogens with zero attached hydrogens (tertiary/aromatic N) is 2. The van der Waals surface area contributed by atoms with E-state index >= 15 is 0 Å². The van der Waals surface area contributed by atoms with Crippen LogP contribution in [0.1, 0.15) is 23.7 Å². The van der Waals surface area contributed by atoms with Gasteiger partial charge in [0, 0.05) is 41.1 Å². The van der Waals surface area contributed by atoms with Gasteiger partial charge in [0.15, 0.2) is 5.54 Å². The highest BCUT2D eigenvalue weighted by atomic mass is 16.2. The molecule has 156 valence electrons. The number of carbonyl (C=O) groups excluding carboxylic acids is 2. The first-order valence-corrected chi connectivity index (χ1v) is 10.8. The third kappa shape index (κ3) is 2.51. The number of rotatable bonds is 3. The molecule has 2 aromatic heterocycles. The monoisotopic (exact) mass is 412 g/mol. The predicted octanol–water partition coefficient (Wildman–Crippen LogP) is 3.33. The number of H-pyrrole nitrogens is 2. The second kappa shape index (κ2) is 6.48. The lowest BCUT2D eigenvalue weighted by molar-refractivity contribution is -0.165. The Labute approximate surface area is 179 Å². The second-order valence-corrected chi connectivity index (χ2v) is 8.73. The summed E-state index contributed by atoms with van der Waals surface area (Å²) in [5, 5.41) is 2.32. The second-order valence-electron chi connectivity index (χ2n) is 8.73. The number of nitrogens with one attached hydrogen (secondary N) is 2. The fourth-order valence-corrected chi connectivity index (χ4v) is 5.46. The number of amides is 2. The molecule has 1 atom stereocenters. The minimum Gasteiger partial charge on any atom is -0.361 e. The van der Waals surface area contributed by atoms with E-state index in [0.29, 0.717) is 19.5 Å². The molecule has 6 rings (SSSR count). The number of hydrogen-bond donors (Lipinski definition) is 2. The zero-order valence-electron chi connectivity index (χ0n) is 17.4. The van der Waals surface area contributed by atoms with Gasteiger partial charge in [0.2, 0.25) is 5.91 Å². The number of para-hydroxylation sites is 2. The summed E-state index contributed by atoms with van der Waals surface area (Å²) in [5.41, 5.74) is 4.32. The van der Waals surface area contributed by atoms with Crippen LogP contribution in [0.3, 0.4) is 0 Å². The van der Waals surface area contributed by atoms with Crippen LogP contribution in [-0.4, -0.2) is 51.2 Å². The van der Waals surface area contributed by atoms with E-state index in [0.717, 1.165) is 34.1 Å². The third-order valence-corrected chi connectivity index (χ3v) is 7.08. The highest BCUT2D eigenvalue weighted by Crippen LogP contribution is 2.41. The Morgan fingerprint density at radius 2 is 1.74 bits per heavy atom. The highest BCUT2D eigenvalue weighted by molar-refractivity contribution is 6.00. The average Bonchev–Trinajstić information content (AvgIpc) is 3.37. The Balaban J connectivity index is 1.35. The van der Waals surface area contributed by atoms with Gasteiger partial charge in [-0.15, -0.1) is 0 Å². The van der Waals surface area contributed by atoms with Crippen molar-refractivity contribution in [1.82, 2.24) is 19.8 Å². The first-order chi connectivity index (χ1) is 15.1. The van der Waals surface area contributed by atoms with Crippen molar-refractivity contribution in [2.75, 3.05) is 19.6 Å². The van der Waals surface area contributed by atoms with Gasteiger partial charge in [0.1, 0.15) is 0 Å². The molecule has 1 fully saturated rings. The zero-order chi connectivity index (χ0) is 21.2. The standard InChI is InChI=1S/C25H24N4O2/c1-25-23-19(18-7-3-5-9-21(18)27-23)11-13-29(25)22(30)15-28(24(25)31)12-10-16-14-26-20-8-4-2-6-17(16)20/h2-9,14,26-27H,10-13,15H2,1H3. The van der Waals surface area contributed by atoms with E-state index < -0.39 is 5.54 Å². The number of fused-ring (bicyclic) bond motifs is 6. The Kier molecular flexibility index (Phi) is 3.81. The molecule has 0 radical (unpaired) electrons. The van der Waals surface area contributed by atoms with Gasteiger partial charge < -0.3 is 19.8 Å². The molecule has 2 aromatic carbocycles. The number of hydrogen-bond acceptors (Lipinski definition) is 2. The van der Waals surface area contributed by atoms with Gasteiger partial charge in [-0.05, 0) is 43.0 Å². The van der Waals surface area contributed by atoms with Crippen LogP contribution in [0.4, 0.5) is 0 Å². The number of aromatic amines is 2. The van der Waals surface area contributed by atoms with Gasteiger partial charge in [-0.2, -0.15) is 0 Å². The molecule has 4 aromatic rings. The van der Waals surface area contributed by atoms with Crippen molar-refractivity contribution in [3.8, 4) is 0 Å². The summed E-state index contributed by atoms with van der Waals surface area (Å²) < 4.78 is 0. The van der Waals surface area contributed by atoms with Crippen molar-refractivity contribution < 1.29 is 9.59 Å². The maximum absolute atomic E-state index is 13.8.